The Morgan fingerprint density at radius 3 is 2.61 bits per heavy atom. The molecule has 1 unspecified atom stereocenters. The van der Waals surface area contributed by atoms with Crippen molar-refractivity contribution in [3.63, 3.8) is 0 Å². The van der Waals surface area contributed by atoms with E-state index in [9.17, 15) is 0 Å². The minimum atomic E-state index is 0. The lowest BCUT2D eigenvalue weighted by atomic mass is 10.1. The Labute approximate surface area is 212 Å². The van der Waals surface area contributed by atoms with Crippen molar-refractivity contribution < 1.29 is 9.47 Å². The SMILES string of the molecule is CN=C(NCc1ccc(C)cc1OC1CCOC1)NCc1ccccc1-n1ccc(C)n1.I. The molecule has 1 saturated heterocycles. The second kappa shape index (κ2) is 12.0. The first kappa shape index (κ1) is 25.0. The van der Waals surface area contributed by atoms with Crippen LogP contribution in [-0.4, -0.2) is 42.1 Å². The van der Waals surface area contributed by atoms with Gasteiger partial charge in [-0.2, -0.15) is 5.10 Å². The van der Waals surface area contributed by atoms with Crippen LogP contribution in [0.4, 0.5) is 0 Å². The maximum atomic E-state index is 6.21. The minimum Gasteiger partial charge on any atom is -0.488 e. The Morgan fingerprint density at radius 2 is 1.91 bits per heavy atom. The summed E-state index contributed by atoms with van der Waals surface area (Å²) in [6, 6.07) is 16.5. The maximum absolute atomic E-state index is 6.21. The Bertz CT molecular complexity index is 1080. The van der Waals surface area contributed by atoms with Gasteiger partial charge in [0, 0.05) is 38.3 Å². The maximum Gasteiger partial charge on any atom is 0.191 e. The number of ether oxygens (including phenoxy) is 2. The highest BCUT2D eigenvalue weighted by Crippen LogP contribution is 2.24. The summed E-state index contributed by atoms with van der Waals surface area (Å²) >= 11 is 0. The van der Waals surface area contributed by atoms with Gasteiger partial charge in [-0.1, -0.05) is 30.3 Å². The number of hydrogen-bond acceptors (Lipinski definition) is 4. The summed E-state index contributed by atoms with van der Waals surface area (Å²) in [4.78, 5) is 4.39. The van der Waals surface area contributed by atoms with Crippen LogP contribution in [0.5, 0.6) is 5.75 Å². The Morgan fingerprint density at radius 1 is 1.12 bits per heavy atom. The van der Waals surface area contributed by atoms with E-state index in [-0.39, 0.29) is 30.1 Å². The predicted molar refractivity (Wildman–Crippen MR) is 142 cm³/mol. The van der Waals surface area contributed by atoms with Gasteiger partial charge in [0.25, 0.3) is 0 Å². The van der Waals surface area contributed by atoms with Crippen LogP contribution in [0, 0.1) is 13.8 Å². The first-order valence-corrected chi connectivity index (χ1v) is 11.0. The van der Waals surface area contributed by atoms with Gasteiger partial charge >= 0.3 is 0 Å². The Hall–Kier alpha value is -2.59. The molecular weight excluding hydrogens is 529 g/mol. The van der Waals surface area contributed by atoms with E-state index in [2.05, 4.69) is 58.0 Å². The quantitative estimate of drug-likeness (QED) is 0.258. The second-order valence-corrected chi connectivity index (χ2v) is 8.02. The Kier molecular flexibility index (Phi) is 9.13. The van der Waals surface area contributed by atoms with Crippen LogP contribution in [0.2, 0.25) is 0 Å². The van der Waals surface area contributed by atoms with E-state index in [1.165, 1.54) is 5.56 Å². The summed E-state index contributed by atoms with van der Waals surface area (Å²) in [6.07, 6.45) is 3.03. The normalized spacial score (nSPS) is 15.7. The zero-order chi connectivity index (χ0) is 22.3. The summed E-state index contributed by atoms with van der Waals surface area (Å²) in [5, 5.41) is 11.4. The van der Waals surface area contributed by atoms with Crippen molar-refractivity contribution in [3.05, 3.63) is 77.1 Å². The lowest BCUT2D eigenvalue weighted by Gasteiger charge is -2.18. The molecule has 0 saturated carbocycles. The monoisotopic (exact) mass is 561 g/mol. The lowest BCUT2D eigenvalue weighted by molar-refractivity contribution is 0.140. The number of aryl methyl sites for hydroxylation is 2. The topological polar surface area (TPSA) is 72.7 Å². The number of para-hydroxylation sites is 1. The molecule has 2 heterocycles. The molecular formula is C25H32IN5O2. The van der Waals surface area contributed by atoms with Crippen molar-refractivity contribution in [2.45, 2.75) is 39.5 Å². The summed E-state index contributed by atoms with van der Waals surface area (Å²) in [7, 11) is 1.78. The molecule has 0 radical (unpaired) electrons. The van der Waals surface area contributed by atoms with Gasteiger partial charge in [-0.25, -0.2) is 4.68 Å². The highest BCUT2D eigenvalue weighted by molar-refractivity contribution is 14.0. The standard InChI is InChI=1S/C25H31N5O2.HI/c1-18-8-9-21(24(14-18)32-22-11-13-31-17-22)16-28-25(26-3)27-15-20-6-4-5-7-23(20)30-12-10-19(2)29-30;/h4-10,12,14,22H,11,13,15-17H2,1-3H3,(H2,26,27,28);1H. The average molecular weight is 561 g/mol. The van der Waals surface area contributed by atoms with Gasteiger partial charge in [0.15, 0.2) is 5.96 Å². The highest BCUT2D eigenvalue weighted by atomic mass is 127. The van der Waals surface area contributed by atoms with Crippen molar-refractivity contribution in [3.8, 4) is 11.4 Å². The van der Waals surface area contributed by atoms with E-state index in [4.69, 9.17) is 9.47 Å². The first-order valence-electron chi connectivity index (χ1n) is 11.0. The third kappa shape index (κ3) is 6.70. The molecule has 0 bridgehead atoms. The van der Waals surface area contributed by atoms with Crippen LogP contribution in [0.1, 0.15) is 28.8 Å². The molecule has 33 heavy (non-hydrogen) atoms. The molecule has 2 N–H and O–H groups in total. The number of halogens is 1. The number of rotatable bonds is 7. The molecule has 0 spiro atoms. The van der Waals surface area contributed by atoms with Crippen molar-refractivity contribution in [2.75, 3.05) is 20.3 Å². The minimum absolute atomic E-state index is 0. The van der Waals surface area contributed by atoms with Crippen LogP contribution in [0.3, 0.4) is 0 Å². The van der Waals surface area contributed by atoms with Gasteiger partial charge in [-0.3, -0.25) is 4.99 Å². The smallest absolute Gasteiger partial charge is 0.191 e. The summed E-state index contributed by atoms with van der Waals surface area (Å²) < 4.78 is 13.6. The molecule has 8 heteroatoms. The zero-order valence-corrected chi connectivity index (χ0v) is 21.7. The molecule has 2 aromatic carbocycles. The first-order chi connectivity index (χ1) is 15.6. The predicted octanol–water partition coefficient (Wildman–Crippen LogP) is 4.14. The Balaban J connectivity index is 0.00000306. The van der Waals surface area contributed by atoms with Crippen molar-refractivity contribution in [1.82, 2.24) is 20.4 Å². The van der Waals surface area contributed by atoms with Gasteiger partial charge < -0.3 is 20.1 Å². The summed E-state index contributed by atoms with van der Waals surface area (Å²) in [5.74, 6) is 1.63. The molecule has 1 aliphatic rings. The number of aromatic nitrogens is 2. The largest absolute Gasteiger partial charge is 0.488 e. The van der Waals surface area contributed by atoms with E-state index in [0.29, 0.717) is 19.7 Å². The fourth-order valence-electron chi connectivity index (χ4n) is 3.71. The van der Waals surface area contributed by atoms with Gasteiger partial charge in [-0.15, -0.1) is 24.0 Å². The summed E-state index contributed by atoms with van der Waals surface area (Å²) in [6.45, 7) is 6.73. The number of aliphatic imine (C=N–C) groups is 1. The van der Waals surface area contributed by atoms with E-state index in [1.807, 2.05) is 36.0 Å². The van der Waals surface area contributed by atoms with Crippen LogP contribution in [0.15, 0.2) is 59.7 Å². The molecule has 0 aliphatic carbocycles. The molecule has 1 aliphatic heterocycles. The number of benzene rings is 2. The number of guanidine groups is 1. The van der Waals surface area contributed by atoms with Crippen LogP contribution in [0.25, 0.3) is 5.69 Å². The molecule has 176 valence electrons. The van der Waals surface area contributed by atoms with Gasteiger partial charge in [0.1, 0.15) is 11.9 Å². The van der Waals surface area contributed by atoms with Gasteiger partial charge in [0.05, 0.1) is 24.6 Å². The molecule has 1 fully saturated rings. The zero-order valence-electron chi connectivity index (χ0n) is 19.4. The number of nitrogens with zero attached hydrogens (tertiary/aromatic N) is 3. The van der Waals surface area contributed by atoms with Gasteiger partial charge in [0.2, 0.25) is 0 Å². The number of nitrogens with one attached hydrogen (secondary N) is 2. The van der Waals surface area contributed by atoms with E-state index < -0.39 is 0 Å². The molecule has 7 nitrogen and oxygen atoms in total. The van der Waals surface area contributed by atoms with Crippen molar-refractivity contribution in [1.29, 1.82) is 0 Å². The number of hydrogen-bond donors (Lipinski definition) is 2. The average Bonchev–Trinajstić information content (AvgIpc) is 3.47. The highest BCUT2D eigenvalue weighted by Gasteiger charge is 2.19. The van der Waals surface area contributed by atoms with Crippen molar-refractivity contribution in [2.24, 2.45) is 4.99 Å². The fourth-order valence-corrected chi connectivity index (χ4v) is 3.71. The third-order valence-corrected chi connectivity index (χ3v) is 5.48. The second-order valence-electron chi connectivity index (χ2n) is 8.02. The van der Waals surface area contributed by atoms with Gasteiger partial charge in [-0.05, 0) is 43.2 Å². The van der Waals surface area contributed by atoms with E-state index >= 15 is 0 Å². The summed E-state index contributed by atoms with van der Waals surface area (Å²) in [5.41, 5.74) is 5.45. The van der Waals surface area contributed by atoms with E-state index in [0.717, 1.165) is 47.2 Å². The molecule has 4 rings (SSSR count). The van der Waals surface area contributed by atoms with Crippen molar-refractivity contribution >= 4 is 29.9 Å². The fraction of sp³-hybridized carbons (Fsp3) is 0.360. The van der Waals surface area contributed by atoms with Crippen LogP contribution in [-0.2, 0) is 17.8 Å². The van der Waals surface area contributed by atoms with E-state index in [1.54, 1.807) is 7.05 Å². The molecule has 0 amide bonds. The third-order valence-electron chi connectivity index (χ3n) is 5.48. The van der Waals surface area contributed by atoms with Crippen LogP contribution < -0.4 is 15.4 Å². The van der Waals surface area contributed by atoms with Crippen LogP contribution >= 0.6 is 24.0 Å². The lowest BCUT2D eigenvalue weighted by Crippen LogP contribution is -2.36. The molecule has 3 aromatic rings. The molecule has 1 aromatic heterocycles. The molecule has 1 atom stereocenters.